The molecule has 7 nitrogen and oxygen atoms in total. The van der Waals surface area contributed by atoms with Crippen LogP contribution < -0.4 is 15.4 Å². The molecule has 1 aliphatic carbocycles. The Morgan fingerprint density at radius 2 is 1.97 bits per heavy atom. The summed E-state index contributed by atoms with van der Waals surface area (Å²) in [5.74, 6) is 0.675. The lowest BCUT2D eigenvalue weighted by atomic mass is 9.96. The maximum absolute atomic E-state index is 12.3. The number of benzene rings is 1. The van der Waals surface area contributed by atoms with Crippen molar-refractivity contribution >= 4 is 40.0 Å². The summed E-state index contributed by atoms with van der Waals surface area (Å²) in [6.45, 7) is 4.83. The van der Waals surface area contributed by atoms with Gasteiger partial charge in [0.2, 0.25) is 10.0 Å². The molecule has 3 N–H and O–H groups in total. The molecule has 0 amide bonds. The molecule has 0 radical (unpaired) electrons. The first-order valence-electron chi connectivity index (χ1n) is 10.7. The standard InChI is InChI=1S/C21H34N4O3S.HI/c1-2-22-20(24-17-21(11-12-21)18-8-4-3-5-9-18)23-13-15-29(26,27)25-16-19-10-6-7-14-28-19;/h3-5,8-9,19,25H,2,6-7,10-17H2,1H3,(H2,22,23,24);1H. The van der Waals surface area contributed by atoms with Gasteiger partial charge in [-0.2, -0.15) is 0 Å². The molecule has 0 aromatic heterocycles. The Bertz CT molecular complexity index is 764. The van der Waals surface area contributed by atoms with Gasteiger partial charge >= 0.3 is 0 Å². The average Bonchev–Trinajstić information content (AvgIpc) is 3.53. The molecule has 1 aliphatic heterocycles. The highest BCUT2D eigenvalue weighted by molar-refractivity contribution is 14.0. The van der Waals surface area contributed by atoms with Gasteiger partial charge in [0.05, 0.1) is 18.4 Å². The quantitative estimate of drug-likeness (QED) is 0.237. The summed E-state index contributed by atoms with van der Waals surface area (Å²) >= 11 is 0. The summed E-state index contributed by atoms with van der Waals surface area (Å²) in [5.41, 5.74) is 1.47. The minimum absolute atomic E-state index is 0. The largest absolute Gasteiger partial charge is 0.377 e. The van der Waals surface area contributed by atoms with Crippen LogP contribution in [0.15, 0.2) is 35.3 Å². The van der Waals surface area contributed by atoms with Gasteiger partial charge in [-0.1, -0.05) is 30.3 Å². The van der Waals surface area contributed by atoms with Crippen LogP contribution in [0, 0.1) is 0 Å². The number of sulfonamides is 1. The van der Waals surface area contributed by atoms with Crippen LogP contribution in [0.5, 0.6) is 0 Å². The molecule has 1 saturated heterocycles. The van der Waals surface area contributed by atoms with Gasteiger partial charge in [-0.25, -0.2) is 13.1 Å². The molecule has 0 spiro atoms. The van der Waals surface area contributed by atoms with E-state index in [1.165, 1.54) is 5.56 Å². The van der Waals surface area contributed by atoms with Gasteiger partial charge in [0.15, 0.2) is 5.96 Å². The highest BCUT2D eigenvalue weighted by Crippen LogP contribution is 2.48. The van der Waals surface area contributed by atoms with E-state index in [4.69, 9.17) is 9.73 Å². The summed E-state index contributed by atoms with van der Waals surface area (Å²) in [6.07, 6.45) is 5.36. The van der Waals surface area contributed by atoms with Gasteiger partial charge in [-0.3, -0.25) is 4.99 Å². The molecule has 1 heterocycles. The fraction of sp³-hybridized carbons (Fsp3) is 0.667. The fourth-order valence-electron chi connectivity index (χ4n) is 3.62. The Labute approximate surface area is 197 Å². The van der Waals surface area contributed by atoms with E-state index in [0.29, 0.717) is 25.6 Å². The van der Waals surface area contributed by atoms with E-state index in [9.17, 15) is 8.42 Å². The number of nitrogens with zero attached hydrogens (tertiary/aromatic N) is 1. The molecule has 1 aromatic rings. The van der Waals surface area contributed by atoms with E-state index in [-0.39, 0.29) is 41.2 Å². The second-order valence-corrected chi connectivity index (χ2v) is 9.85. The molecule has 9 heteroatoms. The third kappa shape index (κ3) is 7.97. The van der Waals surface area contributed by atoms with E-state index >= 15 is 0 Å². The van der Waals surface area contributed by atoms with Crippen molar-refractivity contribution in [2.45, 2.75) is 50.5 Å². The number of hydrogen-bond acceptors (Lipinski definition) is 4. The maximum atomic E-state index is 12.3. The molecule has 3 rings (SSSR count). The molecular weight excluding hydrogens is 515 g/mol. The second kappa shape index (κ2) is 12.2. The predicted molar refractivity (Wildman–Crippen MR) is 132 cm³/mol. The van der Waals surface area contributed by atoms with Crippen LogP contribution >= 0.6 is 24.0 Å². The molecule has 1 atom stereocenters. The Hall–Kier alpha value is -0.910. The van der Waals surface area contributed by atoms with Crippen molar-refractivity contribution in [2.75, 3.05) is 38.5 Å². The Balaban J connectivity index is 0.00000320. The summed E-state index contributed by atoms with van der Waals surface area (Å²) in [6, 6.07) is 10.5. The molecule has 1 aromatic carbocycles. The van der Waals surface area contributed by atoms with E-state index in [0.717, 1.165) is 45.3 Å². The van der Waals surface area contributed by atoms with Crippen molar-refractivity contribution in [2.24, 2.45) is 4.99 Å². The molecule has 2 fully saturated rings. The predicted octanol–water partition coefficient (Wildman–Crippen LogP) is 2.38. The number of rotatable bonds is 10. The fourth-order valence-corrected chi connectivity index (χ4v) is 4.57. The number of nitrogens with one attached hydrogen (secondary N) is 3. The van der Waals surface area contributed by atoms with Gasteiger partial charge in [-0.05, 0) is 44.6 Å². The highest BCUT2D eigenvalue weighted by atomic mass is 127. The van der Waals surface area contributed by atoms with Crippen LogP contribution in [0.1, 0.15) is 44.6 Å². The first-order valence-corrected chi connectivity index (χ1v) is 12.3. The third-order valence-electron chi connectivity index (χ3n) is 5.59. The van der Waals surface area contributed by atoms with Crippen LogP contribution in [0.4, 0.5) is 0 Å². The Morgan fingerprint density at radius 1 is 1.20 bits per heavy atom. The first kappa shape index (κ1) is 25.4. The lowest BCUT2D eigenvalue weighted by molar-refractivity contribution is 0.0200. The molecule has 170 valence electrons. The van der Waals surface area contributed by atoms with Gasteiger partial charge in [-0.15, -0.1) is 24.0 Å². The van der Waals surface area contributed by atoms with Gasteiger partial charge in [0.1, 0.15) is 0 Å². The van der Waals surface area contributed by atoms with Crippen molar-refractivity contribution in [1.29, 1.82) is 0 Å². The third-order valence-corrected chi connectivity index (χ3v) is 6.94. The first-order chi connectivity index (χ1) is 14.0. The Morgan fingerprint density at radius 3 is 2.60 bits per heavy atom. The van der Waals surface area contributed by atoms with E-state index in [1.807, 2.05) is 13.0 Å². The molecule has 1 saturated carbocycles. The van der Waals surface area contributed by atoms with Crippen molar-refractivity contribution in [3.05, 3.63) is 35.9 Å². The lowest BCUT2D eigenvalue weighted by Crippen LogP contribution is -2.43. The zero-order valence-corrected chi connectivity index (χ0v) is 20.9. The topological polar surface area (TPSA) is 91.8 Å². The van der Waals surface area contributed by atoms with Crippen LogP contribution in [-0.2, 0) is 20.2 Å². The normalized spacial score (nSPS) is 20.8. The summed E-state index contributed by atoms with van der Waals surface area (Å²) in [7, 11) is -3.34. The number of hydrogen-bond donors (Lipinski definition) is 3. The highest BCUT2D eigenvalue weighted by Gasteiger charge is 2.43. The molecule has 30 heavy (non-hydrogen) atoms. The molecule has 0 bridgehead atoms. The van der Waals surface area contributed by atoms with Crippen LogP contribution in [0.2, 0.25) is 0 Å². The summed E-state index contributed by atoms with van der Waals surface area (Å²) in [4.78, 5) is 4.72. The molecule has 1 unspecified atom stereocenters. The number of halogens is 1. The van der Waals surface area contributed by atoms with Gasteiger partial charge in [0.25, 0.3) is 0 Å². The average molecular weight is 551 g/mol. The van der Waals surface area contributed by atoms with Crippen LogP contribution in [0.25, 0.3) is 0 Å². The van der Waals surface area contributed by atoms with Crippen molar-refractivity contribution < 1.29 is 13.2 Å². The van der Waals surface area contributed by atoms with Crippen molar-refractivity contribution in [3.8, 4) is 0 Å². The van der Waals surface area contributed by atoms with Crippen LogP contribution in [0.3, 0.4) is 0 Å². The Kier molecular flexibility index (Phi) is 10.3. The smallest absolute Gasteiger partial charge is 0.213 e. The number of guanidine groups is 1. The molecular formula is C21H35IN4O3S. The van der Waals surface area contributed by atoms with Crippen molar-refractivity contribution in [3.63, 3.8) is 0 Å². The zero-order valence-electron chi connectivity index (χ0n) is 17.7. The lowest BCUT2D eigenvalue weighted by Gasteiger charge is -2.22. The molecule has 2 aliphatic rings. The minimum Gasteiger partial charge on any atom is -0.377 e. The monoisotopic (exact) mass is 550 g/mol. The number of aliphatic imine (C=N–C) groups is 1. The summed E-state index contributed by atoms with van der Waals surface area (Å²) in [5, 5.41) is 6.36. The minimum atomic E-state index is -3.34. The number of ether oxygens (including phenoxy) is 1. The second-order valence-electron chi connectivity index (χ2n) is 7.92. The van der Waals surface area contributed by atoms with E-state index in [2.05, 4.69) is 39.6 Å². The van der Waals surface area contributed by atoms with Crippen LogP contribution in [-0.4, -0.2) is 59.0 Å². The van der Waals surface area contributed by atoms with E-state index in [1.54, 1.807) is 0 Å². The van der Waals surface area contributed by atoms with E-state index < -0.39 is 10.0 Å². The summed E-state index contributed by atoms with van der Waals surface area (Å²) < 4.78 is 32.8. The maximum Gasteiger partial charge on any atom is 0.213 e. The van der Waals surface area contributed by atoms with Gasteiger partial charge < -0.3 is 15.4 Å². The zero-order chi connectivity index (χ0) is 20.6. The van der Waals surface area contributed by atoms with Crippen molar-refractivity contribution in [1.82, 2.24) is 15.4 Å². The SMILES string of the molecule is CCNC(=NCC1(c2ccccc2)CC1)NCCS(=O)(=O)NCC1CCCCO1.I. The van der Waals surface area contributed by atoms with Gasteiger partial charge in [0, 0.05) is 31.7 Å².